The van der Waals surface area contributed by atoms with Gasteiger partial charge in [-0.25, -0.2) is 0 Å². The highest BCUT2D eigenvalue weighted by Crippen LogP contribution is 2.22. The first kappa shape index (κ1) is 15.3. The molecule has 104 valence electrons. The summed E-state index contributed by atoms with van der Waals surface area (Å²) in [4.78, 5) is 16.4. The second-order valence-corrected chi connectivity index (χ2v) is 6.10. The number of ketones is 1. The van der Waals surface area contributed by atoms with Crippen molar-refractivity contribution in [3.8, 4) is 5.75 Å². The number of hydrogen-bond acceptors (Lipinski definition) is 3. The summed E-state index contributed by atoms with van der Waals surface area (Å²) in [5.41, 5.74) is 1.03. The van der Waals surface area contributed by atoms with Gasteiger partial charge in [0.1, 0.15) is 5.75 Å². The Hall–Kier alpha value is -1.14. The van der Waals surface area contributed by atoms with Crippen LogP contribution in [0.3, 0.4) is 0 Å². The van der Waals surface area contributed by atoms with Gasteiger partial charge < -0.3 is 4.74 Å². The molecule has 1 heterocycles. The summed E-state index contributed by atoms with van der Waals surface area (Å²) in [5.74, 6) is 0.465. The van der Waals surface area contributed by atoms with Crippen molar-refractivity contribution in [1.29, 1.82) is 0 Å². The van der Waals surface area contributed by atoms with Crippen molar-refractivity contribution in [1.82, 2.24) is 4.98 Å². The lowest BCUT2D eigenvalue weighted by Crippen LogP contribution is -2.08. The van der Waals surface area contributed by atoms with E-state index in [1.165, 1.54) is 6.20 Å². The molecule has 0 saturated heterocycles. The minimum Gasteiger partial charge on any atom is -0.489 e. The Morgan fingerprint density at radius 2 is 2.00 bits per heavy atom. The summed E-state index contributed by atoms with van der Waals surface area (Å²) < 4.78 is 6.45. The zero-order valence-corrected chi connectivity index (χ0v) is 14.0. The number of halogens is 2. The fraction of sp³-hybridized carbons (Fsp3) is 0.200. The van der Waals surface area contributed by atoms with E-state index >= 15 is 0 Å². The van der Waals surface area contributed by atoms with Gasteiger partial charge in [0.15, 0.2) is 5.78 Å². The summed E-state index contributed by atoms with van der Waals surface area (Å²) in [7, 11) is 0. The largest absolute Gasteiger partial charge is 0.489 e. The molecule has 0 bridgehead atoms. The third kappa shape index (κ3) is 3.70. The number of hydrogen-bond donors (Lipinski definition) is 0. The number of pyridine rings is 1. The van der Waals surface area contributed by atoms with Gasteiger partial charge in [0, 0.05) is 20.9 Å². The second-order valence-electron chi connectivity index (χ2n) is 4.53. The van der Waals surface area contributed by atoms with E-state index in [2.05, 4.69) is 27.6 Å². The average Bonchev–Trinajstić information content (AvgIpc) is 2.40. The molecule has 2 rings (SSSR count). The standard InChI is InChI=1S/C15H13ClINO2/c1-9(2)20-12-5-11(7-18-8-12)15(19)10-3-4-14(17)13(16)6-10/h3-9H,1-2H3. The van der Waals surface area contributed by atoms with E-state index in [1.54, 1.807) is 24.4 Å². The normalized spacial score (nSPS) is 10.7. The molecule has 0 aliphatic carbocycles. The number of carbonyl (C=O) groups is 1. The molecular weight excluding hydrogens is 389 g/mol. The van der Waals surface area contributed by atoms with Gasteiger partial charge in [-0.1, -0.05) is 11.6 Å². The first-order chi connectivity index (χ1) is 9.47. The van der Waals surface area contributed by atoms with Crippen LogP contribution < -0.4 is 4.74 Å². The van der Waals surface area contributed by atoms with Crippen molar-refractivity contribution in [3.05, 3.63) is 56.4 Å². The molecule has 0 amide bonds. The van der Waals surface area contributed by atoms with Crippen molar-refractivity contribution < 1.29 is 9.53 Å². The van der Waals surface area contributed by atoms with Crippen molar-refractivity contribution >= 4 is 40.0 Å². The number of rotatable bonds is 4. The highest BCUT2D eigenvalue weighted by atomic mass is 127. The Bertz CT molecular complexity index is 644. The van der Waals surface area contributed by atoms with Crippen LogP contribution in [0.4, 0.5) is 0 Å². The van der Waals surface area contributed by atoms with Crippen molar-refractivity contribution in [2.24, 2.45) is 0 Å². The Morgan fingerprint density at radius 3 is 2.65 bits per heavy atom. The van der Waals surface area contributed by atoms with Gasteiger partial charge >= 0.3 is 0 Å². The number of nitrogens with zero attached hydrogens (tertiary/aromatic N) is 1. The number of benzene rings is 1. The van der Waals surface area contributed by atoms with Crippen LogP contribution in [0.2, 0.25) is 5.02 Å². The zero-order chi connectivity index (χ0) is 14.7. The Labute approximate surface area is 136 Å². The second kappa shape index (κ2) is 6.54. The minimum absolute atomic E-state index is 0.0369. The fourth-order valence-electron chi connectivity index (χ4n) is 1.68. The van der Waals surface area contributed by atoms with Crippen LogP contribution >= 0.6 is 34.2 Å². The number of carbonyl (C=O) groups excluding carboxylic acids is 1. The summed E-state index contributed by atoms with van der Waals surface area (Å²) in [6.07, 6.45) is 3.16. The maximum absolute atomic E-state index is 12.4. The van der Waals surface area contributed by atoms with Gasteiger partial charge in [-0.05, 0) is 60.7 Å². The minimum atomic E-state index is -0.120. The maximum Gasteiger partial charge on any atom is 0.194 e. The molecule has 0 radical (unpaired) electrons. The summed E-state index contributed by atoms with van der Waals surface area (Å²) in [6.45, 7) is 3.85. The zero-order valence-electron chi connectivity index (χ0n) is 11.1. The van der Waals surface area contributed by atoms with Gasteiger partial charge in [-0.3, -0.25) is 9.78 Å². The third-order valence-corrected chi connectivity index (χ3v) is 4.10. The molecular formula is C15H13ClINO2. The highest BCUT2D eigenvalue weighted by Gasteiger charge is 2.12. The Kier molecular flexibility index (Phi) is 4.99. The topological polar surface area (TPSA) is 39.2 Å². The molecule has 1 aromatic heterocycles. The lowest BCUT2D eigenvalue weighted by Gasteiger charge is -2.10. The molecule has 5 heteroatoms. The molecule has 0 spiro atoms. The van der Waals surface area contributed by atoms with Gasteiger partial charge in [-0.2, -0.15) is 0 Å². The van der Waals surface area contributed by atoms with Crippen molar-refractivity contribution in [3.63, 3.8) is 0 Å². The Morgan fingerprint density at radius 1 is 1.25 bits per heavy atom. The van der Waals surface area contributed by atoms with Crippen LogP contribution in [0.25, 0.3) is 0 Å². The van der Waals surface area contributed by atoms with E-state index in [1.807, 2.05) is 19.9 Å². The average molecular weight is 402 g/mol. The molecule has 20 heavy (non-hydrogen) atoms. The molecule has 0 N–H and O–H groups in total. The van der Waals surface area contributed by atoms with Gasteiger partial charge in [0.2, 0.25) is 0 Å². The van der Waals surface area contributed by atoms with E-state index in [0.717, 1.165) is 3.57 Å². The smallest absolute Gasteiger partial charge is 0.194 e. The molecule has 3 nitrogen and oxygen atoms in total. The lowest BCUT2D eigenvalue weighted by atomic mass is 10.1. The van der Waals surface area contributed by atoms with E-state index in [9.17, 15) is 4.79 Å². The predicted octanol–water partition coefficient (Wildman–Crippen LogP) is 4.36. The predicted molar refractivity (Wildman–Crippen MR) is 87.6 cm³/mol. The van der Waals surface area contributed by atoms with Crippen LogP contribution in [-0.4, -0.2) is 16.9 Å². The van der Waals surface area contributed by atoms with Gasteiger partial charge in [0.05, 0.1) is 17.3 Å². The summed E-state index contributed by atoms with van der Waals surface area (Å²) >= 11 is 8.17. The summed E-state index contributed by atoms with van der Waals surface area (Å²) in [5, 5.41) is 0.569. The van der Waals surface area contributed by atoms with Crippen LogP contribution in [0.15, 0.2) is 36.7 Å². The quantitative estimate of drug-likeness (QED) is 0.564. The molecule has 0 aliphatic rings. The first-order valence-corrected chi connectivity index (χ1v) is 7.54. The maximum atomic E-state index is 12.4. The lowest BCUT2D eigenvalue weighted by molar-refractivity contribution is 0.103. The molecule has 0 fully saturated rings. The van der Waals surface area contributed by atoms with Crippen molar-refractivity contribution in [2.75, 3.05) is 0 Å². The van der Waals surface area contributed by atoms with Gasteiger partial charge in [-0.15, -0.1) is 0 Å². The van der Waals surface area contributed by atoms with Gasteiger partial charge in [0.25, 0.3) is 0 Å². The molecule has 2 aromatic rings. The SMILES string of the molecule is CC(C)Oc1cncc(C(=O)c2ccc(I)c(Cl)c2)c1. The van der Waals surface area contributed by atoms with E-state index in [-0.39, 0.29) is 11.9 Å². The van der Waals surface area contributed by atoms with E-state index in [0.29, 0.717) is 21.9 Å². The highest BCUT2D eigenvalue weighted by molar-refractivity contribution is 14.1. The monoisotopic (exact) mass is 401 g/mol. The van der Waals surface area contributed by atoms with Crippen LogP contribution in [0.5, 0.6) is 5.75 Å². The molecule has 0 unspecified atom stereocenters. The van der Waals surface area contributed by atoms with Crippen LogP contribution in [-0.2, 0) is 0 Å². The number of aromatic nitrogens is 1. The summed E-state index contributed by atoms with van der Waals surface area (Å²) in [6, 6.07) is 6.94. The third-order valence-electron chi connectivity index (χ3n) is 2.53. The van der Waals surface area contributed by atoms with Crippen molar-refractivity contribution in [2.45, 2.75) is 20.0 Å². The number of ether oxygens (including phenoxy) is 1. The molecule has 1 aromatic carbocycles. The van der Waals surface area contributed by atoms with Crippen LogP contribution in [0.1, 0.15) is 29.8 Å². The molecule has 0 saturated carbocycles. The van der Waals surface area contributed by atoms with E-state index in [4.69, 9.17) is 16.3 Å². The van der Waals surface area contributed by atoms with Crippen LogP contribution in [0, 0.1) is 3.57 Å². The Balaban J connectivity index is 2.30. The molecule has 0 atom stereocenters. The van der Waals surface area contributed by atoms with E-state index < -0.39 is 0 Å². The molecule has 0 aliphatic heterocycles. The first-order valence-electron chi connectivity index (χ1n) is 6.09. The fourth-order valence-corrected chi connectivity index (χ4v) is 2.20.